The average molecular weight is 439 g/mol. The lowest BCUT2D eigenvalue weighted by molar-refractivity contribution is -0.137. The van der Waals surface area contributed by atoms with E-state index in [2.05, 4.69) is 10.3 Å². The molecule has 0 spiro atoms. The van der Waals surface area contributed by atoms with Crippen LogP contribution in [0.5, 0.6) is 0 Å². The molecule has 0 fully saturated rings. The summed E-state index contributed by atoms with van der Waals surface area (Å²) in [5, 5.41) is 12.6. The predicted octanol–water partition coefficient (Wildman–Crippen LogP) is 2.97. The van der Waals surface area contributed by atoms with E-state index in [1.165, 1.54) is 24.7 Å². The number of carboxylic acid groups (broad SMARTS) is 1. The summed E-state index contributed by atoms with van der Waals surface area (Å²) >= 11 is 2.00. The number of halogens is 2. The fourth-order valence-electron chi connectivity index (χ4n) is 2.32. The Labute approximate surface area is 149 Å². The molecule has 0 radical (unpaired) electrons. The van der Waals surface area contributed by atoms with Gasteiger partial charge in [-0.1, -0.05) is 0 Å². The third-order valence-electron chi connectivity index (χ3n) is 3.39. The molecule has 0 aliphatic heterocycles. The van der Waals surface area contributed by atoms with E-state index in [1.807, 2.05) is 22.6 Å². The molecule has 0 aliphatic rings. The van der Waals surface area contributed by atoms with E-state index < -0.39 is 23.9 Å². The van der Waals surface area contributed by atoms with Crippen molar-refractivity contribution in [2.75, 3.05) is 5.32 Å². The number of aromatic nitrogens is 2. The van der Waals surface area contributed by atoms with Gasteiger partial charge in [0.25, 0.3) is 5.56 Å². The number of nitrogens with zero attached hydrogens (tertiary/aromatic N) is 2. The summed E-state index contributed by atoms with van der Waals surface area (Å²) in [6.07, 6.45) is 4.30. The highest BCUT2D eigenvalue weighted by Crippen LogP contribution is 2.25. The van der Waals surface area contributed by atoms with Gasteiger partial charge >= 0.3 is 5.97 Å². The summed E-state index contributed by atoms with van der Waals surface area (Å²) in [6.45, 7) is -0.450. The van der Waals surface area contributed by atoms with Crippen LogP contribution in [0, 0.1) is 9.39 Å². The van der Waals surface area contributed by atoms with E-state index in [0.29, 0.717) is 11.1 Å². The largest absolute Gasteiger partial charge is 0.480 e. The van der Waals surface area contributed by atoms with E-state index in [0.717, 1.165) is 8.14 Å². The number of aliphatic carboxylic acids is 1. The van der Waals surface area contributed by atoms with Gasteiger partial charge in [-0.3, -0.25) is 14.6 Å². The van der Waals surface area contributed by atoms with Crippen molar-refractivity contribution in [2.45, 2.75) is 6.54 Å². The van der Waals surface area contributed by atoms with Crippen molar-refractivity contribution in [2.24, 2.45) is 0 Å². The lowest BCUT2D eigenvalue weighted by Gasteiger charge is -2.11. The highest BCUT2D eigenvalue weighted by atomic mass is 127. The van der Waals surface area contributed by atoms with Gasteiger partial charge in [-0.05, 0) is 46.9 Å². The highest BCUT2D eigenvalue weighted by molar-refractivity contribution is 14.1. The molecule has 0 atom stereocenters. The molecule has 0 saturated carbocycles. The summed E-state index contributed by atoms with van der Waals surface area (Å²) in [5.41, 5.74) is 0.0424. The fraction of sp³-hybridized carbons (Fsp3) is 0.0625. The minimum Gasteiger partial charge on any atom is -0.480 e. The van der Waals surface area contributed by atoms with Crippen molar-refractivity contribution >= 4 is 50.7 Å². The molecule has 8 heteroatoms. The molecule has 2 heterocycles. The number of carboxylic acids is 1. The number of benzene rings is 1. The highest BCUT2D eigenvalue weighted by Gasteiger charge is 2.12. The Balaban J connectivity index is 2.13. The fourth-order valence-corrected chi connectivity index (χ4v) is 2.78. The van der Waals surface area contributed by atoms with Crippen LogP contribution in [0.2, 0.25) is 0 Å². The molecule has 3 aromatic rings. The average Bonchev–Trinajstić information content (AvgIpc) is 2.52. The number of fused-ring (bicyclic) bond motifs is 1. The maximum absolute atomic E-state index is 14.0. The van der Waals surface area contributed by atoms with E-state index in [1.54, 1.807) is 18.2 Å². The zero-order valence-corrected chi connectivity index (χ0v) is 14.3. The zero-order chi connectivity index (χ0) is 17.3. The summed E-state index contributed by atoms with van der Waals surface area (Å²) in [4.78, 5) is 27.5. The molecular formula is C16H11FIN3O3. The van der Waals surface area contributed by atoms with Gasteiger partial charge in [0, 0.05) is 21.4 Å². The number of carbonyl (C=O) groups is 1. The van der Waals surface area contributed by atoms with Gasteiger partial charge < -0.3 is 15.0 Å². The lowest BCUT2D eigenvalue weighted by atomic mass is 10.2. The summed E-state index contributed by atoms with van der Waals surface area (Å²) < 4.78 is 15.9. The van der Waals surface area contributed by atoms with Crippen LogP contribution in [-0.2, 0) is 11.3 Å². The topological polar surface area (TPSA) is 84.2 Å². The summed E-state index contributed by atoms with van der Waals surface area (Å²) in [7, 11) is 0. The zero-order valence-electron chi connectivity index (χ0n) is 12.2. The first-order chi connectivity index (χ1) is 11.5. The maximum atomic E-state index is 14.0. The van der Waals surface area contributed by atoms with Gasteiger partial charge in [-0.15, -0.1) is 0 Å². The lowest BCUT2D eigenvalue weighted by Crippen LogP contribution is -2.24. The molecule has 0 bridgehead atoms. The molecule has 3 rings (SSSR count). The minimum atomic E-state index is -1.12. The number of nitrogens with one attached hydrogen (secondary N) is 1. The minimum absolute atomic E-state index is 0.206. The quantitative estimate of drug-likeness (QED) is 0.611. The van der Waals surface area contributed by atoms with Crippen molar-refractivity contribution in [1.29, 1.82) is 0 Å². The Hall–Kier alpha value is -2.49. The number of anilines is 2. The van der Waals surface area contributed by atoms with Crippen LogP contribution in [0.3, 0.4) is 0 Å². The second kappa shape index (κ2) is 6.56. The second-order valence-corrected chi connectivity index (χ2v) is 6.29. The van der Waals surface area contributed by atoms with Crippen molar-refractivity contribution in [3.63, 3.8) is 0 Å². The Morgan fingerprint density at radius 1 is 1.29 bits per heavy atom. The molecule has 122 valence electrons. The van der Waals surface area contributed by atoms with Crippen LogP contribution >= 0.6 is 22.6 Å². The van der Waals surface area contributed by atoms with Gasteiger partial charge in [-0.25, -0.2) is 4.39 Å². The van der Waals surface area contributed by atoms with Gasteiger partial charge in [0.2, 0.25) is 0 Å². The third-order valence-corrected chi connectivity index (χ3v) is 4.06. The Morgan fingerprint density at radius 3 is 2.79 bits per heavy atom. The van der Waals surface area contributed by atoms with E-state index >= 15 is 0 Å². The molecule has 6 nitrogen and oxygen atoms in total. The number of hydrogen-bond donors (Lipinski definition) is 2. The standard InChI is InChI=1S/C16H11FIN3O3/c17-11-5-10(18)1-2-12(11)20-13-7-19-6-9-3-4-21(8-14(22)23)16(24)15(9)13/h1-7,20H,8H2,(H,22,23). The van der Waals surface area contributed by atoms with Crippen molar-refractivity contribution in [1.82, 2.24) is 9.55 Å². The smallest absolute Gasteiger partial charge is 0.323 e. The molecule has 0 saturated heterocycles. The molecule has 24 heavy (non-hydrogen) atoms. The van der Waals surface area contributed by atoms with Crippen molar-refractivity contribution in [3.05, 3.63) is 62.6 Å². The van der Waals surface area contributed by atoms with Gasteiger partial charge in [0.15, 0.2) is 0 Å². The van der Waals surface area contributed by atoms with Crippen LogP contribution in [0.25, 0.3) is 10.8 Å². The number of pyridine rings is 2. The van der Waals surface area contributed by atoms with E-state index in [4.69, 9.17) is 5.11 Å². The Bertz CT molecular complexity index is 1000. The predicted molar refractivity (Wildman–Crippen MR) is 96.0 cm³/mol. The van der Waals surface area contributed by atoms with Crippen molar-refractivity contribution in [3.8, 4) is 0 Å². The van der Waals surface area contributed by atoms with Crippen LogP contribution in [0.4, 0.5) is 15.8 Å². The maximum Gasteiger partial charge on any atom is 0.323 e. The monoisotopic (exact) mass is 439 g/mol. The first kappa shape index (κ1) is 16.4. The van der Waals surface area contributed by atoms with Crippen LogP contribution < -0.4 is 10.9 Å². The number of rotatable bonds is 4. The second-order valence-electron chi connectivity index (χ2n) is 5.04. The molecule has 0 amide bonds. The molecule has 2 aromatic heterocycles. The van der Waals surface area contributed by atoms with Crippen LogP contribution in [0.1, 0.15) is 0 Å². The van der Waals surface area contributed by atoms with Gasteiger partial charge in [0.1, 0.15) is 12.4 Å². The van der Waals surface area contributed by atoms with Crippen molar-refractivity contribution < 1.29 is 14.3 Å². The summed E-state index contributed by atoms with van der Waals surface area (Å²) in [6, 6.07) is 6.26. The molecule has 2 N–H and O–H groups in total. The third kappa shape index (κ3) is 3.23. The first-order valence-corrected chi connectivity index (χ1v) is 7.94. The first-order valence-electron chi connectivity index (χ1n) is 6.87. The van der Waals surface area contributed by atoms with Crippen LogP contribution in [0.15, 0.2) is 47.7 Å². The van der Waals surface area contributed by atoms with E-state index in [9.17, 15) is 14.0 Å². The molecule has 1 aromatic carbocycles. The van der Waals surface area contributed by atoms with Crippen LogP contribution in [-0.4, -0.2) is 20.6 Å². The Morgan fingerprint density at radius 2 is 2.08 bits per heavy atom. The molecule has 0 unspecified atom stereocenters. The van der Waals surface area contributed by atoms with Gasteiger partial charge in [0.05, 0.1) is 23.0 Å². The van der Waals surface area contributed by atoms with E-state index in [-0.39, 0.29) is 11.1 Å². The Kier molecular flexibility index (Phi) is 4.47. The SMILES string of the molecule is O=C(O)Cn1ccc2cncc(Nc3ccc(I)cc3F)c2c1=O. The number of hydrogen-bond acceptors (Lipinski definition) is 4. The molecule has 0 aliphatic carbocycles. The van der Waals surface area contributed by atoms with Gasteiger partial charge in [-0.2, -0.15) is 0 Å². The normalized spacial score (nSPS) is 10.8. The summed E-state index contributed by atoms with van der Waals surface area (Å²) in [5.74, 6) is -1.58. The molecular weight excluding hydrogens is 428 g/mol.